The Bertz CT molecular complexity index is 1430. The summed E-state index contributed by atoms with van der Waals surface area (Å²) in [6.07, 6.45) is 62.4. The number of nitrogens with one attached hydrogen (secondary N) is 1. The van der Waals surface area contributed by atoms with E-state index >= 15 is 0 Å². The molecule has 0 aliphatic carbocycles. The van der Waals surface area contributed by atoms with Crippen LogP contribution < -0.4 is 5.32 Å². The number of rotatable bonds is 57. The van der Waals surface area contributed by atoms with Gasteiger partial charge in [-0.3, -0.25) is 9.59 Å². The van der Waals surface area contributed by atoms with Gasteiger partial charge in [-0.1, -0.05) is 255 Å². The summed E-state index contributed by atoms with van der Waals surface area (Å²) in [4.78, 5) is 25.1. The van der Waals surface area contributed by atoms with Crippen molar-refractivity contribution in [3.05, 3.63) is 48.6 Å². The first-order valence-corrected chi connectivity index (χ1v) is 32.9. The number of carbonyl (C=O) groups is 2. The number of allylic oxidation sites excluding steroid dienone is 7. The molecular weight excluding hydrogens is 979 g/mol. The predicted molar refractivity (Wildman–Crippen MR) is 324 cm³/mol. The predicted octanol–water partition coefficient (Wildman–Crippen LogP) is 16.0. The normalized spacial score (nSPS) is 18.8. The van der Waals surface area contributed by atoms with Gasteiger partial charge in [0.05, 0.1) is 32.0 Å². The summed E-state index contributed by atoms with van der Waals surface area (Å²) in [6.45, 7) is 4.28. The van der Waals surface area contributed by atoms with E-state index in [1.165, 1.54) is 212 Å². The fourth-order valence-corrected chi connectivity index (χ4v) is 10.2. The van der Waals surface area contributed by atoms with Gasteiger partial charge in [-0.05, 0) is 83.5 Å². The lowest BCUT2D eigenvalue weighted by Gasteiger charge is -2.40. The number of aliphatic hydroxyl groups is 5. The molecule has 7 atom stereocenters. The van der Waals surface area contributed by atoms with Gasteiger partial charge in [0.15, 0.2) is 6.29 Å². The Balaban J connectivity index is 1.95. The zero-order valence-corrected chi connectivity index (χ0v) is 50.4. The lowest BCUT2D eigenvalue weighted by molar-refractivity contribution is -0.302. The van der Waals surface area contributed by atoms with E-state index < -0.39 is 49.5 Å². The highest BCUT2D eigenvalue weighted by atomic mass is 16.7. The smallest absolute Gasteiger partial charge is 0.305 e. The summed E-state index contributed by atoms with van der Waals surface area (Å²) in [5, 5.41) is 54.2. The second-order valence-electron chi connectivity index (χ2n) is 22.8. The summed E-state index contributed by atoms with van der Waals surface area (Å²) >= 11 is 0. The van der Waals surface area contributed by atoms with Crippen LogP contribution >= 0.6 is 0 Å². The Morgan fingerprint density at radius 3 is 1.35 bits per heavy atom. The van der Waals surface area contributed by atoms with Crippen molar-refractivity contribution in [2.24, 2.45) is 0 Å². The zero-order valence-electron chi connectivity index (χ0n) is 50.4. The van der Waals surface area contributed by atoms with Crippen LogP contribution in [0, 0.1) is 0 Å². The van der Waals surface area contributed by atoms with Gasteiger partial charge in [0.1, 0.15) is 24.4 Å². The summed E-state index contributed by atoms with van der Waals surface area (Å²) in [5.74, 6) is -0.194. The quantitative estimate of drug-likeness (QED) is 0.0195. The number of aliphatic hydroxyl groups excluding tert-OH is 5. The molecule has 7 unspecified atom stereocenters. The molecule has 11 nitrogen and oxygen atoms in total. The first-order chi connectivity index (χ1) is 38.2. The molecule has 1 saturated heterocycles. The Kier molecular flexibility index (Phi) is 53.3. The molecule has 78 heavy (non-hydrogen) atoms. The lowest BCUT2D eigenvalue weighted by Crippen LogP contribution is -2.60. The monoisotopic (exact) mass is 1100 g/mol. The van der Waals surface area contributed by atoms with Crippen molar-refractivity contribution in [1.82, 2.24) is 5.32 Å². The van der Waals surface area contributed by atoms with E-state index in [4.69, 9.17) is 14.2 Å². The largest absolute Gasteiger partial charge is 0.466 e. The minimum Gasteiger partial charge on any atom is -0.466 e. The van der Waals surface area contributed by atoms with Gasteiger partial charge < -0.3 is 45.1 Å². The van der Waals surface area contributed by atoms with Gasteiger partial charge in [0.2, 0.25) is 5.91 Å². The molecule has 1 amide bonds. The van der Waals surface area contributed by atoms with E-state index in [-0.39, 0.29) is 18.5 Å². The maximum atomic E-state index is 13.0. The van der Waals surface area contributed by atoms with E-state index in [0.29, 0.717) is 19.4 Å². The fourth-order valence-electron chi connectivity index (χ4n) is 10.2. The van der Waals surface area contributed by atoms with Crippen molar-refractivity contribution in [2.45, 2.75) is 346 Å². The summed E-state index contributed by atoms with van der Waals surface area (Å²) in [7, 11) is 0. The van der Waals surface area contributed by atoms with Gasteiger partial charge in [-0.15, -0.1) is 0 Å². The van der Waals surface area contributed by atoms with Crippen molar-refractivity contribution in [3.63, 3.8) is 0 Å². The van der Waals surface area contributed by atoms with Crippen LogP contribution in [0.4, 0.5) is 0 Å². The molecule has 1 aliphatic heterocycles. The highest BCUT2D eigenvalue weighted by Crippen LogP contribution is 2.23. The molecule has 0 bridgehead atoms. The standard InChI is InChI=1S/C67H123NO10/c1-3-5-7-9-11-13-14-15-32-35-39-43-47-51-55-63(72)76-56-52-48-44-40-36-33-30-28-26-24-22-20-18-16-17-19-21-23-25-27-29-31-34-38-42-46-50-54-62(71)68-59(60(70)53-49-45-41-37-12-10-8-6-4-2)58-77-67-66(75)65(74)64(73)61(57-69)78-67/h9,11,14-17,49,53,59-61,64-67,69-70,73-75H,3-8,10,12-13,18-48,50-52,54-58H2,1-2H3,(H,68,71)/b11-9-,15-14-,17-16-,53-49+. The number of carbonyl (C=O) groups excluding carboxylic acids is 2. The molecule has 0 spiro atoms. The van der Waals surface area contributed by atoms with Crippen LogP contribution in [0.15, 0.2) is 48.6 Å². The first-order valence-electron chi connectivity index (χ1n) is 32.9. The van der Waals surface area contributed by atoms with Gasteiger partial charge >= 0.3 is 5.97 Å². The number of hydrogen-bond acceptors (Lipinski definition) is 10. The minimum atomic E-state index is -1.57. The van der Waals surface area contributed by atoms with Crippen molar-refractivity contribution >= 4 is 11.9 Å². The molecule has 6 N–H and O–H groups in total. The Morgan fingerprint density at radius 1 is 0.474 bits per heavy atom. The third kappa shape index (κ3) is 45.3. The Hall–Kier alpha value is -2.38. The van der Waals surface area contributed by atoms with Crippen LogP contribution in [0.25, 0.3) is 0 Å². The molecule has 0 radical (unpaired) electrons. The number of hydrogen-bond donors (Lipinski definition) is 6. The Labute approximate surface area is 478 Å². The molecule has 1 heterocycles. The third-order valence-electron chi connectivity index (χ3n) is 15.4. The molecule has 456 valence electrons. The molecular formula is C67H123NO10. The minimum absolute atomic E-state index is 0.00947. The van der Waals surface area contributed by atoms with Gasteiger partial charge in [0.25, 0.3) is 0 Å². The second kappa shape index (κ2) is 56.5. The molecule has 11 heteroatoms. The average molecular weight is 1100 g/mol. The molecule has 0 aromatic rings. The molecule has 0 aromatic heterocycles. The van der Waals surface area contributed by atoms with Crippen LogP contribution in [0.1, 0.15) is 303 Å². The number of amides is 1. The van der Waals surface area contributed by atoms with Gasteiger partial charge in [-0.2, -0.15) is 0 Å². The first kappa shape index (κ1) is 73.6. The zero-order chi connectivity index (χ0) is 56.6. The van der Waals surface area contributed by atoms with Crippen molar-refractivity contribution in [2.75, 3.05) is 19.8 Å². The third-order valence-corrected chi connectivity index (χ3v) is 15.4. The van der Waals surface area contributed by atoms with Crippen molar-refractivity contribution in [1.29, 1.82) is 0 Å². The lowest BCUT2D eigenvalue weighted by atomic mass is 9.99. The van der Waals surface area contributed by atoms with Crippen LogP contribution in [0.2, 0.25) is 0 Å². The number of ether oxygens (including phenoxy) is 3. The average Bonchev–Trinajstić information content (AvgIpc) is 3.44. The van der Waals surface area contributed by atoms with Crippen LogP contribution in [-0.4, -0.2) is 100 Å². The van der Waals surface area contributed by atoms with E-state index in [1.54, 1.807) is 6.08 Å². The maximum absolute atomic E-state index is 13.0. The molecule has 0 saturated carbocycles. The molecule has 1 aliphatic rings. The van der Waals surface area contributed by atoms with Crippen molar-refractivity contribution < 1.29 is 49.3 Å². The van der Waals surface area contributed by atoms with Crippen molar-refractivity contribution in [3.8, 4) is 0 Å². The topological polar surface area (TPSA) is 175 Å². The van der Waals surface area contributed by atoms with E-state index in [2.05, 4.69) is 55.6 Å². The van der Waals surface area contributed by atoms with Crippen LogP contribution in [0.5, 0.6) is 0 Å². The maximum Gasteiger partial charge on any atom is 0.305 e. The second-order valence-corrected chi connectivity index (χ2v) is 22.8. The van der Waals surface area contributed by atoms with E-state index in [0.717, 1.165) is 64.2 Å². The number of unbranched alkanes of at least 4 members (excludes halogenated alkanes) is 37. The fraction of sp³-hybridized carbons (Fsp3) is 0.851. The molecule has 1 rings (SSSR count). The molecule has 1 fully saturated rings. The van der Waals surface area contributed by atoms with Crippen LogP contribution in [0.3, 0.4) is 0 Å². The summed E-state index contributed by atoms with van der Waals surface area (Å²) < 4.78 is 16.7. The van der Waals surface area contributed by atoms with Gasteiger partial charge in [-0.25, -0.2) is 0 Å². The van der Waals surface area contributed by atoms with E-state index in [9.17, 15) is 35.1 Å². The highest BCUT2D eigenvalue weighted by Gasteiger charge is 2.44. The SMILES string of the molecule is CCCC/C=C\C/C=C\CCCCCCCC(=O)OCCCCCCCCCCCCCC/C=C\CCCCCCCCCCCCCC(=O)NC(COC1OC(CO)C(O)C(O)C1O)C(O)/C=C/CCCCCCCCC. The van der Waals surface area contributed by atoms with Crippen LogP contribution in [-0.2, 0) is 23.8 Å². The highest BCUT2D eigenvalue weighted by molar-refractivity contribution is 5.76. The number of esters is 1. The summed E-state index contributed by atoms with van der Waals surface area (Å²) in [6, 6.07) is -0.810. The summed E-state index contributed by atoms with van der Waals surface area (Å²) in [5.41, 5.74) is 0. The Morgan fingerprint density at radius 2 is 0.872 bits per heavy atom. The van der Waals surface area contributed by atoms with Gasteiger partial charge in [0, 0.05) is 12.8 Å². The molecule has 0 aromatic carbocycles. The van der Waals surface area contributed by atoms with E-state index in [1.807, 2.05) is 6.08 Å².